The van der Waals surface area contributed by atoms with Crippen LogP contribution in [-0.2, 0) is 4.79 Å². The quantitative estimate of drug-likeness (QED) is 0.448. The van der Waals surface area contributed by atoms with Crippen LogP contribution in [-0.4, -0.2) is 29.7 Å². The van der Waals surface area contributed by atoms with Gasteiger partial charge in [-0.05, 0) is 55.3 Å². The molecule has 1 aromatic heterocycles. The molecule has 0 saturated heterocycles. The summed E-state index contributed by atoms with van der Waals surface area (Å²) in [4.78, 5) is 40.4. The summed E-state index contributed by atoms with van der Waals surface area (Å²) in [5.74, 6) is -0.400. The summed E-state index contributed by atoms with van der Waals surface area (Å²) in [5, 5.41) is 6.48. The van der Waals surface area contributed by atoms with E-state index in [0.29, 0.717) is 21.1 Å². The van der Waals surface area contributed by atoms with Gasteiger partial charge in [0, 0.05) is 23.7 Å². The van der Waals surface area contributed by atoms with Crippen LogP contribution in [0.3, 0.4) is 0 Å². The third kappa shape index (κ3) is 5.91. The maximum Gasteiger partial charge on any atom is 0.264 e. The van der Waals surface area contributed by atoms with Gasteiger partial charge >= 0.3 is 0 Å². The highest BCUT2D eigenvalue weighted by molar-refractivity contribution is 7.18. The molecule has 0 saturated carbocycles. The summed E-state index contributed by atoms with van der Waals surface area (Å²) in [6, 6.07) is 18.1. The van der Waals surface area contributed by atoms with Crippen molar-refractivity contribution in [3.8, 4) is 0 Å². The molecule has 6 nitrogen and oxygen atoms in total. The van der Waals surface area contributed by atoms with E-state index in [1.807, 2.05) is 83.1 Å². The fourth-order valence-electron chi connectivity index (χ4n) is 3.28. The summed E-state index contributed by atoms with van der Waals surface area (Å²) in [7, 11) is 1.76. The molecule has 0 bridgehead atoms. The molecule has 0 aliphatic rings. The van der Waals surface area contributed by atoms with Gasteiger partial charge in [0.1, 0.15) is 0 Å². The maximum absolute atomic E-state index is 13.3. The van der Waals surface area contributed by atoms with Crippen LogP contribution in [0.5, 0.6) is 0 Å². The molecule has 0 aliphatic heterocycles. The Kier molecular flexibility index (Phi) is 7.57. The van der Waals surface area contributed by atoms with E-state index in [4.69, 9.17) is 0 Å². The molecule has 1 atom stereocenters. The first kappa shape index (κ1) is 25.2. The molecule has 0 spiro atoms. The van der Waals surface area contributed by atoms with E-state index in [1.54, 1.807) is 24.1 Å². The smallest absolute Gasteiger partial charge is 0.264 e. The summed E-state index contributed by atoms with van der Waals surface area (Å²) < 4.78 is 0. The van der Waals surface area contributed by atoms with Crippen molar-refractivity contribution in [2.75, 3.05) is 17.7 Å². The minimum absolute atomic E-state index is 0.0937. The molecule has 7 heteroatoms. The Morgan fingerprint density at radius 1 is 0.941 bits per heavy atom. The van der Waals surface area contributed by atoms with E-state index in [1.165, 1.54) is 11.3 Å². The number of aryl methyl sites for hydroxylation is 1. The highest BCUT2D eigenvalue weighted by Gasteiger charge is 2.25. The monoisotopic (exact) mass is 477 g/mol. The van der Waals surface area contributed by atoms with Crippen LogP contribution in [0.15, 0.2) is 60.7 Å². The lowest BCUT2D eigenvalue weighted by atomic mass is 9.96. The second-order valence-corrected chi connectivity index (χ2v) is 10.4. The first-order chi connectivity index (χ1) is 16.0. The van der Waals surface area contributed by atoms with Crippen molar-refractivity contribution in [3.63, 3.8) is 0 Å². The number of carbonyl (C=O) groups excluding carboxylic acids is 3. The van der Waals surface area contributed by atoms with Crippen LogP contribution in [0.4, 0.5) is 10.7 Å². The molecule has 3 rings (SSSR count). The van der Waals surface area contributed by atoms with Crippen molar-refractivity contribution in [1.29, 1.82) is 0 Å². The number of nitrogens with zero attached hydrogens (tertiary/aromatic N) is 1. The van der Waals surface area contributed by atoms with Gasteiger partial charge in [-0.3, -0.25) is 14.4 Å². The zero-order valence-electron chi connectivity index (χ0n) is 20.4. The number of carbonyl (C=O) groups is 3. The van der Waals surface area contributed by atoms with E-state index < -0.39 is 5.41 Å². The Labute approximate surface area is 205 Å². The van der Waals surface area contributed by atoms with Crippen LogP contribution >= 0.6 is 11.3 Å². The molecule has 3 aromatic rings. The van der Waals surface area contributed by atoms with Crippen molar-refractivity contribution in [2.45, 2.75) is 40.7 Å². The van der Waals surface area contributed by atoms with Gasteiger partial charge in [-0.25, -0.2) is 0 Å². The predicted octanol–water partition coefficient (Wildman–Crippen LogP) is 6.13. The lowest BCUT2D eigenvalue weighted by Gasteiger charge is -2.25. The third-order valence-corrected chi connectivity index (χ3v) is 6.73. The lowest BCUT2D eigenvalue weighted by molar-refractivity contribution is -0.123. The normalized spacial score (nSPS) is 12.1. The number of hydrogen-bond donors (Lipinski definition) is 2. The maximum atomic E-state index is 13.3. The van der Waals surface area contributed by atoms with Gasteiger partial charge in [0.15, 0.2) is 0 Å². The molecule has 0 aliphatic carbocycles. The van der Waals surface area contributed by atoms with Gasteiger partial charge in [0.05, 0.1) is 15.9 Å². The second kappa shape index (κ2) is 10.2. The molecule has 34 heavy (non-hydrogen) atoms. The second-order valence-electron chi connectivity index (χ2n) is 9.36. The number of amides is 3. The minimum atomic E-state index is -0.520. The van der Waals surface area contributed by atoms with Gasteiger partial charge in [-0.2, -0.15) is 0 Å². The van der Waals surface area contributed by atoms with Gasteiger partial charge in [0.25, 0.3) is 11.8 Å². The molecular weight excluding hydrogens is 446 g/mol. The van der Waals surface area contributed by atoms with Crippen LogP contribution in [0.25, 0.3) is 0 Å². The van der Waals surface area contributed by atoms with Gasteiger partial charge in [-0.15, -0.1) is 11.3 Å². The number of thiophene rings is 1. The van der Waals surface area contributed by atoms with Gasteiger partial charge in [0.2, 0.25) is 5.91 Å². The fraction of sp³-hybridized carbons (Fsp3) is 0.296. The highest BCUT2D eigenvalue weighted by Crippen LogP contribution is 2.31. The van der Waals surface area contributed by atoms with Crippen LogP contribution in [0, 0.1) is 12.3 Å². The van der Waals surface area contributed by atoms with E-state index in [0.717, 1.165) is 11.1 Å². The Morgan fingerprint density at radius 3 is 2.26 bits per heavy atom. The Bertz CT molecular complexity index is 1200. The van der Waals surface area contributed by atoms with Crippen molar-refractivity contribution < 1.29 is 14.4 Å². The Balaban J connectivity index is 1.73. The van der Waals surface area contributed by atoms with E-state index in [9.17, 15) is 14.4 Å². The fourth-order valence-corrected chi connectivity index (χ4v) is 4.33. The molecule has 1 heterocycles. The number of anilines is 2. The number of nitrogens with one attached hydrogen (secondary N) is 2. The molecular formula is C27H31N3O3S. The topological polar surface area (TPSA) is 78.5 Å². The van der Waals surface area contributed by atoms with Crippen LogP contribution < -0.4 is 10.6 Å². The summed E-state index contributed by atoms with van der Waals surface area (Å²) in [6.45, 7) is 9.36. The molecule has 0 fully saturated rings. The Hall–Kier alpha value is -3.45. The number of rotatable bonds is 6. The molecule has 2 aromatic carbocycles. The SMILES string of the molecule is Cc1cc(NC(=O)C(C)(C)C)sc1C(=O)N(C)C(C)c1cccc(NC(=O)c2ccccc2)c1. The third-order valence-electron chi connectivity index (χ3n) is 5.59. The lowest BCUT2D eigenvalue weighted by Crippen LogP contribution is -2.29. The zero-order valence-corrected chi connectivity index (χ0v) is 21.2. The molecule has 3 amide bonds. The van der Waals surface area contributed by atoms with Gasteiger partial charge < -0.3 is 15.5 Å². The molecule has 178 valence electrons. The summed E-state index contributed by atoms with van der Waals surface area (Å²) >= 11 is 1.28. The predicted molar refractivity (Wildman–Crippen MR) is 138 cm³/mol. The highest BCUT2D eigenvalue weighted by atomic mass is 32.1. The van der Waals surface area contributed by atoms with Crippen molar-refractivity contribution in [2.24, 2.45) is 5.41 Å². The average Bonchev–Trinajstić information content (AvgIpc) is 3.17. The van der Waals surface area contributed by atoms with Crippen molar-refractivity contribution >= 4 is 39.7 Å². The zero-order chi connectivity index (χ0) is 25.0. The van der Waals surface area contributed by atoms with Crippen LogP contribution in [0.2, 0.25) is 0 Å². The van der Waals surface area contributed by atoms with Crippen molar-refractivity contribution in [3.05, 3.63) is 82.2 Å². The minimum Gasteiger partial charge on any atom is -0.334 e. The first-order valence-corrected chi connectivity index (χ1v) is 11.9. The van der Waals surface area contributed by atoms with E-state index >= 15 is 0 Å². The first-order valence-electron chi connectivity index (χ1n) is 11.1. The van der Waals surface area contributed by atoms with E-state index in [2.05, 4.69) is 10.6 Å². The molecule has 1 unspecified atom stereocenters. The standard InChI is InChI=1S/C27H31N3O3S/c1-17-15-22(29-26(33)27(3,4)5)34-23(17)25(32)30(6)18(2)20-13-10-14-21(16-20)28-24(31)19-11-8-7-9-12-19/h7-16,18H,1-6H3,(H,28,31)(H,29,33). The van der Waals surface area contributed by atoms with Gasteiger partial charge in [-0.1, -0.05) is 51.1 Å². The molecule has 0 radical (unpaired) electrons. The van der Waals surface area contributed by atoms with Crippen LogP contribution in [0.1, 0.15) is 64.9 Å². The van der Waals surface area contributed by atoms with E-state index in [-0.39, 0.29) is 23.8 Å². The number of hydrogen-bond acceptors (Lipinski definition) is 4. The molecule has 2 N–H and O–H groups in total. The largest absolute Gasteiger partial charge is 0.334 e. The number of benzene rings is 2. The summed E-state index contributed by atoms with van der Waals surface area (Å²) in [5.41, 5.74) is 2.45. The Morgan fingerprint density at radius 2 is 1.62 bits per heavy atom. The average molecular weight is 478 g/mol. The van der Waals surface area contributed by atoms with Crippen molar-refractivity contribution in [1.82, 2.24) is 4.90 Å². The summed E-state index contributed by atoms with van der Waals surface area (Å²) in [6.07, 6.45) is 0.